The molecular formula is C40H47ClN2O3. The van der Waals surface area contributed by atoms with Crippen LogP contribution >= 0.6 is 11.6 Å². The van der Waals surface area contributed by atoms with Crippen molar-refractivity contribution in [3.05, 3.63) is 130 Å². The molecule has 4 aromatic rings. The summed E-state index contributed by atoms with van der Waals surface area (Å²) in [6.07, 6.45) is 6.11. The highest BCUT2D eigenvalue weighted by molar-refractivity contribution is 6.30. The number of rotatable bonds is 15. The number of amides is 1. The number of hydrogen-bond donors (Lipinski definition) is 1. The van der Waals surface area contributed by atoms with Gasteiger partial charge in [-0.2, -0.15) is 0 Å². The lowest BCUT2D eigenvalue weighted by molar-refractivity contribution is -0.121. The van der Waals surface area contributed by atoms with Crippen LogP contribution in [0.1, 0.15) is 72.9 Å². The van der Waals surface area contributed by atoms with Crippen LogP contribution in [-0.2, 0) is 23.1 Å². The van der Waals surface area contributed by atoms with E-state index in [1.54, 1.807) is 14.2 Å². The highest BCUT2D eigenvalue weighted by Gasteiger charge is 2.34. The van der Waals surface area contributed by atoms with E-state index in [9.17, 15) is 4.79 Å². The smallest absolute Gasteiger partial charge is 0.220 e. The second-order valence-corrected chi connectivity index (χ2v) is 12.8. The standard InChI is InChI=1S/C40H47ClN2O3/c1-30-36-29-38(46-3)37(45-2)28-32(36)22-27-43(30)26-11-24-40(33-12-6-4-7-13-33,34-14-8-5-9-15-34)23-10-25-42-39(44)21-18-31-16-19-35(41)20-17-31/h4-9,12-17,19-20,28-30H,10-11,18,21-27H2,1-3H3,(H,42,44). The second kappa shape index (κ2) is 16.2. The lowest BCUT2D eigenvalue weighted by Crippen LogP contribution is -2.36. The minimum atomic E-state index is -0.149. The lowest BCUT2D eigenvalue weighted by Gasteiger charge is -2.39. The fourth-order valence-electron chi connectivity index (χ4n) is 7.08. The van der Waals surface area contributed by atoms with Crippen LogP contribution in [0.3, 0.4) is 0 Å². The van der Waals surface area contributed by atoms with E-state index >= 15 is 0 Å². The zero-order valence-electron chi connectivity index (χ0n) is 27.4. The number of hydrogen-bond acceptors (Lipinski definition) is 4. The third-order valence-electron chi connectivity index (χ3n) is 9.67. The molecule has 0 radical (unpaired) electrons. The molecule has 0 bridgehead atoms. The van der Waals surface area contributed by atoms with Gasteiger partial charge >= 0.3 is 0 Å². The lowest BCUT2D eigenvalue weighted by atomic mass is 9.68. The molecule has 242 valence electrons. The highest BCUT2D eigenvalue weighted by Crippen LogP contribution is 2.42. The van der Waals surface area contributed by atoms with Gasteiger partial charge in [-0.05, 0) is 104 Å². The fourth-order valence-corrected chi connectivity index (χ4v) is 7.21. The number of nitrogens with one attached hydrogen (secondary N) is 1. The minimum Gasteiger partial charge on any atom is -0.493 e. The molecule has 0 aliphatic carbocycles. The number of fused-ring (bicyclic) bond motifs is 1. The normalized spacial score (nSPS) is 14.8. The Morgan fingerprint density at radius 3 is 2.11 bits per heavy atom. The Morgan fingerprint density at radius 1 is 0.870 bits per heavy atom. The van der Waals surface area contributed by atoms with Crippen molar-refractivity contribution in [1.82, 2.24) is 10.2 Å². The number of aryl methyl sites for hydroxylation is 1. The van der Waals surface area contributed by atoms with Gasteiger partial charge in [0.05, 0.1) is 14.2 Å². The van der Waals surface area contributed by atoms with E-state index in [0.29, 0.717) is 30.5 Å². The Labute approximate surface area is 279 Å². The number of methoxy groups -OCH3 is 2. The summed E-state index contributed by atoms with van der Waals surface area (Å²) in [6, 6.07) is 34.2. The van der Waals surface area contributed by atoms with Crippen LogP contribution in [-0.4, -0.2) is 44.7 Å². The van der Waals surface area contributed by atoms with Gasteiger partial charge in [-0.15, -0.1) is 0 Å². The van der Waals surface area contributed by atoms with Gasteiger partial charge in [-0.25, -0.2) is 0 Å². The summed E-state index contributed by atoms with van der Waals surface area (Å²) in [5, 5.41) is 3.90. The number of ether oxygens (including phenoxy) is 2. The topological polar surface area (TPSA) is 50.8 Å². The van der Waals surface area contributed by atoms with E-state index < -0.39 is 0 Å². The van der Waals surface area contributed by atoms with Crippen molar-refractivity contribution in [1.29, 1.82) is 0 Å². The van der Waals surface area contributed by atoms with Crippen molar-refractivity contribution in [2.24, 2.45) is 0 Å². The zero-order valence-corrected chi connectivity index (χ0v) is 28.2. The van der Waals surface area contributed by atoms with Crippen molar-refractivity contribution in [2.45, 2.75) is 63.3 Å². The Morgan fingerprint density at radius 2 is 1.48 bits per heavy atom. The van der Waals surface area contributed by atoms with Gasteiger partial charge in [0.2, 0.25) is 5.91 Å². The van der Waals surface area contributed by atoms with E-state index in [2.05, 4.69) is 89.9 Å². The van der Waals surface area contributed by atoms with E-state index in [-0.39, 0.29) is 11.3 Å². The van der Waals surface area contributed by atoms with Gasteiger partial charge in [-0.3, -0.25) is 9.69 Å². The average molecular weight is 639 g/mol. The number of halogens is 1. The average Bonchev–Trinajstić information content (AvgIpc) is 3.10. The third-order valence-corrected chi connectivity index (χ3v) is 9.92. The molecule has 1 amide bonds. The first-order valence-electron chi connectivity index (χ1n) is 16.5. The maximum Gasteiger partial charge on any atom is 0.220 e. The maximum absolute atomic E-state index is 12.7. The Balaban J connectivity index is 1.26. The Bertz CT molecular complexity index is 1500. The largest absolute Gasteiger partial charge is 0.493 e. The molecule has 0 aromatic heterocycles. The molecule has 5 nitrogen and oxygen atoms in total. The first-order chi connectivity index (χ1) is 22.4. The first-order valence-corrected chi connectivity index (χ1v) is 16.9. The maximum atomic E-state index is 12.7. The van der Waals surface area contributed by atoms with Crippen molar-refractivity contribution < 1.29 is 14.3 Å². The monoisotopic (exact) mass is 638 g/mol. The molecule has 0 saturated heterocycles. The molecule has 0 saturated carbocycles. The van der Waals surface area contributed by atoms with Gasteiger partial charge < -0.3 is 14.8 Å². The number of benzene rings is 4. The van der Waals surface area contributed by atoms with Gasteiger partial charge in [0, 0.05) is 36.0 Å². The summed E-state index contributed by atoms with van der Waals surface area (Å²) >= 11 is 6.01. The van der Waals surface area contributed by atoms with Gasteiger partial charge in [-0.1, -0.05) is 84.4 Å². The number of nitrogens with zero attached hydrogens (tertiary/aromatic N) is 1. The van der Waals surface area contributed by atoms with Crippen LogP contribution in [0.4, 0.5) is 0 Å². The number of carbonyl (C=O) groups excluding carboxylic acids is 1. The van der Waals surface area contributed by atoms with Gasteiger partial charge in [0.1, 0.15) is 0 Å². The van der Waals surface area contributed by atoms with Crippen LogP contribution in [0.15, 0.2) is 97.1 Å². The number of carbonyl (C=O) groups is 1. The van der Waals surface area contributed by atoms with Crippen LogP contribution in [0.25, 0.3) is 0 Å². The molecule has 4 aromatic carbocycles. The predicted octanol–water partition coefficient (Wildman–Crippen LogP) is 8.57. The van der Waals surface area contributed by atoms with E-state index in [0.717, 1.165) is 62.3 Å². The quantitative estimate of drug-likeness (QED) is 0.133. The fraction of sp³-hybridized carbons (Fsp3) is 0.375. The van der Waals surface area contributed by atoms with E-state index in [1.807, 2.05) is 24.3 Å². The molecule has 1 unspecified atom stereocenters. The molecule has 46 heavy (non-hydrogen) atoms. The molecule has 1 aliphatic heterocycles. The molecule has 1 N–H and O–H groups in total. The zero-order chi connectivity index (χ0) is 32.4. The molecule has 1 atom stereocenters. The SMILES string of the molecule is COc1cc2c(cc1OC)C(C)N(CCCC(CCCNC(=O)CCc1ccc(Cl)cc1)(c1ccccc1)c1ccccc1)CC2. The van der Waals surface area contributed by atoms with Crippen LogP contribution in [0.5, 0.6) is 11.5 Å². The molecule has 1 heterocycles. The summed E-state index contributed by atoms with van der Waals surface area (Å²) < 4.78 is 11.2. The highest BCUT2D eigenvalue weighted by atomic mass is 35.5. The molecular weight excluding hydrogens is 592 g/mol. The first kappa shape index (κ1) is 33.6. The summed E-state index contributed by atoms with van der Waals surface area (Å²) in [4.78, 5) is 15.3. The van der Waals surface area contributed by atoms with Gasteiger partial charge in [0.15, 0.2) is 11.5 Å². The summed E-state index contributed by atoms with van der Waals surface area (Å²) in [5.41, 5.74) is 6.32. The molecule has 1 aliphatic rings. The molecule has 5 rings (SSSR count). The minimum absolute atomic E-state index is 0.0913. The van der Waals surface area contributed by atoms with Crippen LogP contribution in [0.2, 0.25) is 5.02 Å². The van der Waals surface area contributed by atoms with Crippen molar-refractivity contribution >= 4 is 17.5 Å². The third kappa shape index (κ3) is 8.12. The van der Waals surface area contributed by atoms with E-state index in [1.165, 1.54) is 22.3 Å². The van der Waals surface area contributed by atoms with E-state index in [4.69, 9.17) is 21.1 Å². The van der Waals surface area contributed by atoms with Crippen LogP contribution < -0.4 is 14.8 Å². The molecule has 6 heteroatoms. The summed E-state index contributed by atoms with van der Waals surface area (Å²) in [6.45, 7) is 5.00. The Hall–Kier alpha value is -3.80. The van der Waals surface area contributed by atoms with Crippen LogP contribution in [0, 0.1) is 0 Å². The van der Waals surface area contributed by atoms with Gasteiger partial charge in [0.25, 0.3) is 0 Å². The second-order valence-electron chi connectivity index (χ2n) is 12.4. The van der Waals surface area contributed by atoms with Crippen molar-refractivity contribution in [3.63, 3.8) is 0 Å². The summed E-state index contributed by atoms with van der Waals surface area (Å²) in [7, 11) is 3.40. The predicted molar refractivity (Wildman–Crippen MR) is 188 cm³/mol. The molecule has 0 spiro atoms. The molecule has 0 fully saturated rings. The Kier molecular flexibility index (Phi) is 11.8. The van der Waals surface area contributed by atoms with Crippen molar-refractivity contribution in [3.8, 4) is 11.5 Å². The van der Waals surface area contributed by atoms with Crippen molar-refractivity contribution in [2.75, 3.05) is 33.9 Å². The summed E-state index contributed by atoms with van der Waals surface area (Å²) in [5.74, 6) is 1.68.